The standard InChI is InChI=1S/C23H19N3O2/c1-16-21(23(28)26-15-9-8-14-19(26)24-16)25-22(27)20(17-10-4-2-5-11-17)18-12-6-3-7-13-18/h2-15,20H,1H3,(H,25,27). The molecular weight excluding hydrogens is 350 g/mol. The normalized spacial score (nSPS) is 10.9. The first-order chi connectivity index (χ1) is 13.6. The van der Waals surface area contributed by atoms with Crippen molar-refractivity contribution in [2.45, 2.75) is 12.8 Å². The minimum absolute atomic E-state index is 0.200. The first kappa shape index (κ1) is 17.7. The van der Waals surface area contributed by atoms with Gasteiger partial charge in [-0.15, -0.1) is 0 Å². The van der Waals surface area contributed by atoms with Gasteiger partial charge in [0.25, 0.3) is 5.56 Å². The number of aryl methyl sites for hydroxylation is 1. The number of anilines is 1. The predicted molar refractivity (Wildman–Crippen MR) is 110 cm³/mol. The van der Waals surface area contributed by atoms with Crippen molar-refractivity contribution in [3.05, 3.63) is 112 Å². The van der Waals surface area contributed by atoms with Gasteiger partial charge in [-0.05, 0) is 30.2 Å². The van der Waals surface area contributed by atoms with Gasteiger partial charge in [0.1, 0.15) is 11.3 Å². The molecule has 0 aliphatic carbocycles. The molecule has 28 heavy (non-hydrogen) atoms. The Morgan fingerprint density at radius 2 is 1.46 bits per heavy atom. The highest BCUT2D eigenvalue weighted by atomic mass is 16.2. The third kappa shape index (κ3) is 3.30. The summed E-state index contributed by atoms with van der Waals surface area (Å²) in [5.41, 5.74) is 2.66. The summed E-state index contributed by atoms with van der Waals surface area (Å²) in [5.74, 6) is -0.798. The number of hydrogen-bond acceptors (Lipinski definition) is 3. The fraction of sp³-hybridized carbons (Fsp3) is 0.0870. The molecule has 1 N–H and O–H groups in total. The maximum atomic E-state index is 13.3. The number of amides is 1. The third-order valence-corrected chi connectivity index (χ3v) is 4.69. The van der Waals surface area contributed by atoms with Crippen LogP contribution < -0.4 is 10.9 Å². The van der Waals surface area contributed by atoms with Crippen LogP contribution in [-0.4, -0.2) is 15.3 Å². The van der Waals surface area contributed by atoms with Crippen molar-refractivity contribution in [2.75, 3.05) is 5.32 Å². The summed E-state index contributed by atoms with van der Waals surface area (Å²) in [7, 11) is 0. The minimum atomic E-state index is -0.530. The van der Waals surface area contributed by atoms with Crippen LogP contribution in [0.2, 0.25) is 0 Å². The van der Waals surface area contributed by atoms with Crippen molar-refractivity contribution in [3.63, 3.8) is 0 Å². The molecule has 2 aromatic carbocycles. The molecule has 4 aromatic rings. The second-order valence-electron chi connectivity index (χ2n) is 6.55. The molecule has 0 saturated carbocycles. The molecule has 0 spiro atoms. The lowest BCUT2D eigenvalue weighted by Gasteiger charge is -2.18. The van der Waals surface area contributed by atoms with E-state index >= 15 is 0 Å². The quantitative estimate of drug-likeness (QED) is 0.595. The average Bonchev–Trinajstić information content (AvgIpc) is 2.73. The van der Waals surface area contributed by atoms with Gasteiger partial charge < -0.3 is 5.32 Å². The summed E-state index contributed by atoms with van der Waals surface area (Å²) in [5, 5.41) is 2.83. The summed E-state index contributed by atoms with van der Waals surface area (Å²) >= 11 is 0. The highest BCUT2D eigenvalue weighted by molar-refractivity contribution is 5.98. The first-order valence-electron chi connectivity index (χ1n) is 9.04. The largest absolute Gasteiger partial charge is 0.319 e. The molecular formula is C23H19N3O2. The van der Waals surface area contributed by atoms with E-state index in [0.717, 1.165) is 11.1 Å². The number of rotatable bonds is 4. The van der Waals surface area contributed by atoms with Crippen LogP contribution in [0.1, 0.15) is 22.7 Å². The minimum Gasteiger partial charge on any atom is -0.319 e. The Morgan fingerprint density at radius 1 is 0.893 bits per heavy atom. The Morgan fingerprint density at radius 3 is 2.07 bits per heavy atom. The Balaban J connectivity index is 1.77. The fourth-order valence-corrected chi connectivity index (χ4v) is 3.33. The van der Waals surface area contributed by atoms with Crippen LogP contribution in [-0.2, 0) is 4.79 Å². The fourth-order valence-electron chi connectivity index (χ4n) is 3.33. The zero-order valence-corrected chi connectivity index (χ0v) is 15.4. The number of pyridine rings is 1. The van der Waals surface area contributed by atoms with Crippen LogP contribution in [0.4, 0.5) is 5.69 Å². The number of hydrogen-bond donors (Lipinski definition) is 1. The highest BCUT2D eigenvalue weighted by Crippen LogP contribution is 2.26. The van der Waals surface area contributed by atoms with Gasteiger partial charge in [0.2, 0.25) is 5.91 Å². The van der Waals surface area contributed by atoms with Crippen LogP contribution in [0, 0.1) is 6.92 Å². The molecule has 2 aromatic heterocycles. The second-order valence-corrected chi connectivity index (χ2v) is 6.55. The van der Waals surface area contributed by atoms with Crippen molar-refractivity contribution in [1.82, 2.24) is 9.38 Å². The SMILES string of the molecule is Cc1nc2ccccn2c(=O)c1NC(=O)C(c1ccccc1)c1ccccc1. The average molecular weight is 369 g/mol. The van der Waals surface area contributed by atoms with Crippen LogP contribution in [0.25, 0.3) is 5.65 Å². The lowest BCUT2D eigenvalue weighted by Crippen LogP contribution is -2.28. The maximum absolute atomic E-state index is 13.3. The van der Waals surface area contributed by atoms with E-state index in [9.17, 15) is 9.59 Å². The van der Waals surface area contributed by atoms with E-state index in [4.69, 9.17) is 0 Å². The second kappa shape index (κ2) is 7.48. The number of fused-ring (bicyclic) bond motifs is 1. The molecule has 5 heteroatoms. The van der Waals surface area contributed by atoms with E-state index in [1.165, 1.54) is 4.40 Å². The van der Waals surface area contributed by atoms with Crippen LogP contribution in [0.3, 0.4) is 0 Å². The van der Waals surface area contributed by atoms with Crippen molar-refractivity contribution in [1.29, 1.82) is 0 Å². The van der Waals surface area contributed by atoms with E-state index in [1.54, 1.807) is 25.3 Å². The maximum Gasteiger partial charge on any atom is 0.281 e. The number of aromatic nitrogens is 2. The smallest absolute Gasteiger partial charge is 0.281 e. The van der Waals surface area contributed by atoms with Gasteiger partial charge in [-0.1, -0.05) is 66.7 Å². The van der Waals surface area contributed by atoms with Crippen LogP contribution in [0.5, 0.6) is 0 Å². The number of nitrogens with zero attached hydrogens (tertiary/aromatic N) is 2. The third-order valence-electron chi connectivity index (χ3n) is 4.69. The van der Waals surface area contributed by atoms with Crippen LogP contribution in [0.15, 0.2) is 89.9 Å². The topological polar surface area (TPSA) is 63.5 Å². The van der Waals surface area contributed by atoms with Gasteiger partial charge in [0, 0.05) is 6.20 Å². The molecule has 0 aliphatic rings. The van der Waals surface area contributed by atoms with Gasteiger partial charge in [-0.25, -0.2) is 4.98 Å². The number of carbonyl (C=O) groups excluding carboxylic acids is 1. The zero-order valence-electron chi connectivity index (χ0n) is 15.4. The first-order valence-corrected chi connectivity index (χ1v) is 9.04. The lowest BCUT2D eigenvalue weighted by molar-refractivity contribution is -0.116. The molecule has 1 amide bonds. The summed E-state index contributed by atoms with van der Waals surface area (Å²) in [6.07, 6.45) is 1.64. The lowest BCUT2D eigenvalue weighted by atomic mass is 9.90. The Hall–Kier alpha value is -3.73. The molecule has 0 bridgehead atoms. The molecule has 0 atom stereocenters. The number of nitrogens with one attached hydrogen (secondary N) is 1. The predicted octanol–water partition coefficient (Wildman–Crippen LogP) is 3.77. The monoisotopic (exact) mass is 369 g/mol. The summed E-state index contributed by atoms with van der Waals surface area (Å²) in [6, 6.07) is 24.4. The highest BCUT2D eigenvalue weighted by Gasteiger charge is 2.24. The van der Waals surface area contributed by atoms with Crippen molar-refractivity contribution < 1.29 is 4.79 Å². The van der Waals surface area contributed by atoms with E-state index in [1.807, 2.05) is 66.7 Å². The summed E-state index contributed by atoms with van der Waals surface area (Å²) in [4.78, 5) is 30.6. The van der Waals surface area contributed by atoms with Crippen molar-refractivity contribution in [2.24, 2.45) is 0 Å². The molecule has 0 aliphatic heterocycles. The summed E-state index contributed by atoms with van der Waals surface area (Å²) < 4.78 is 1.43. The molecule has 0 saturated heterocycles. The van der Waals surface area contributed by atoms with Gasteiger partial charge >= 0.3 is 0 Å². The van der Waals surface area contributed by atoms with Crippen molar-refractivity contribution >= 4 is 17.2 Å². The van der Waals surface area contributed by atoms with E-state index < -0.39 is 5.92 Å². The van der Waals surface area contributed by atoms with Crippen molar-refractivity contribution in [3.8, 4) is 0 Å². The van der Waals surface area contributed by atoms with Gasteiger partial charge in [-0.2, -0.15) is 0 Å². The van der Waals surface area contributed by atoms with Crippen LogP contribution >= 0.6 is 0 Å². The summed E-state index contributed by atoms with van der Waals surface area (Å²) in [6.45, 7) is 1.73. The molecule has 0 fully saturated rings. The molecule has 2 heterocycles. The van der Waals surface area contributed by atoms with E-state index in [-0.39, 0.29) is 17.2 Å². The Bertz CT molecular complexity index is 1150. The molecule has 5 nitrogen and oxygen atoms in total. The van der Waals surface area contributed by atoms with E-state index in [0.29, 0.717) is 11.3 Å². The van der Waals surface area contributed by atoms with Gasteiger partial charge in [0.05, 0.1) is 11.6 Å². The number of benzene rings is 2. The van der Waals surface area contributed by atoms with Gasteiger partial charge in [0.15, 0.2) is 0 Å². The van der Waals surface area contributed by atoms with E-state index in [2.05, 4.69) is 10.3 Å². The molecule has 4 rings (SSSR count). The Kier molecular flexibility index (Phi) is 4.72. The number of carbonyl (C=O) groups is 1. The molecule has 0 unspecified atom stereocenters. The zero-order chi connectivity index (χ0) is 19.5. The molecule has 138 valence electrons. The van der Waals surface area contributed by atoms with Gasteiger partial charge in [-0.3, -0.25) is 14.0 Å². The molecule has 0 radical (unpaired) electrons. The Labute approximate surface area is 162 Å².